The van der Waals surface area contributed by atoms with Crippen LogP contribution in [0.1, 0.15) is 19.4 Å². The molecule has 0 aliphatic heterocycles. The molecule has 0 aliphatic rings. The third kappa shape index (κ3) is 5.75. The van der Waals surface area contributed by atoms with E-state index in [1.807, 2.05) is 12.1 Å². The molecule has 1 aromatic carbocycles. The average Bonchev–Trinajstić information content (AvgIpc) is 2.34. The monoisotopic (exact) mass is 252 g/mol. The number of amides is 1. The molecule has 1 amide bonds. The van der Waals surface area contributed by atoms with Crippen LogP contribution in [0.4, 0.5) is 0 Å². The Bertz CT molecular complexity index is 366. The SMILES string of the molecule is CNC(=O)CSc1cccc(CNC(C)C)c1. The molecule has 1 rings (SSSR count). The molecule has 94 valence electrons. The second-order valence-electron chi connectivity index (χ2n) is 4.14. The lowest BCUT2D eigenvalue weighted by atomic mass is 10.2. The van der Waals surface area contributed by atoms with Crippen molar-refractivity contribution in [2.45, 2.75) is 31.3 Å². The predicted octanol–water partition coefficient (Wildman–Crippen LogP) is 2.02. The van der Waals surface area contributed by atoms with Gasteiger partial charge in [0.1, 0.15) is 0 Å². The molecule has 0 radical (unpaired) electrons. The molecule has 0 spiro atoms. The minimum atomic E-state index is 0.0562. The Morgan fingerprint density at radius 3 is 2.82 bits per heavy atom. The van der Waals surface area contributed by atoms with Crippen molar-refractivity contribution in [3.8, 4) is 0 Å². The van der Waals surface area contributed by atoms with Crippen molar-refractivity contribution >= 4 is 17.7 Å². The van der Waals surface area contributed by atoms with Crippen molar-refractivity contribution in [3.63, 3.8) is 0 Å². The lowest BCUT2D eigenvalue weighted by Gasteiger charge is -2.09. The van der Waals surface area contributed by atoms with Crippen molar-refractivity contribution < 1.29 is 4.79 Å². The number of rotatable bonds is 6. The van der Waals surface area contributed by atoms with E-state index in [0.29, 0.717) is 11.8 Å². The van der Waals surface area contributed by atoms with E-state index in [1.165, 1.54) is 5.56 Å². The average molecular weight is 252 g/mol. The Labute approximate surface area is 107 Å². The molecule has 3 nitrogen and oxygen atoms in total. The van der Waals surface area contributed by atoms with Crippen molar-refractivity contribution in [2.75, 3.05) is 12.8 Å². The maximum absolute atomic E-state index is 11.1. The summed E-state index contributed by atoms with van der Waals surface area (Å²) in [7, 11) is 1.66. The molecule has 0 aliphatic carbocycles. The highest BCUT2D eigenvalue weighted by atomic mass is 32.2. The van der Waals surface area contributed by atoms with Gasteiger partial charge in [0.25, 0.3) is 0 Å². The van der Waals surface area contributed by atoms with E-state index in [9.17, 15) is 4.79 Å². The molecule has 0 saturated carbocycles. The van der Waals surface area contributed by atoms with Crippen molar-refractivity contribution in [3.05, 3.63) is 29.8 Å². The Balaban J connectivity index is 2.50. The van der Waals surface area contributed by atoms with E-state index in [1.54, 1.807) is 18.8 Å². The highest BCUT2D eigenvalue weighted by molar-refractivity contribution is 8.00. The van der Waals surface area contributed by atoms with Crippen LogP contribution in [-0.2, 0) is 11.3 Å². The molecule has 0 heterocycles. The van der Waals surface area contributed by atoms with Gasteiger partial charge in [-0.15, -0.1) is 11.8 Å². The number of carbonyl (C=O) groups is 1. The summed E-state index contributed by atoms with van der Waals surface area (Å²) in [6.45, 7) is 5.13. The Kier molecular flexibility index (Phi) is 6.08. The van der Waals surface area contributed by atoms with E-state index < -0.39 is 0 Å². The summed E-state index contributed by atoms with van der Waals surface area (Å²) in [5.74, 6) is 0.526. The van der Waals surface area contributed by atoms with Crippen LogP contribution in [0.3, 0.4) is 0 Å². The Morgan fingerprint density at radius 2 is 2.18 bits per heavy atom. The van der Waals surface area contributed by atoms with Gasteiger partial charge in [0.15, 0.2) is 0 Å². The van der Waals surface area contributed by atoms with Crippen molar-refractivity contribution in [1.29, 1.82) is 0 Å². The Morgan fingerprint density at radius 1 is 1.41 bits per heavy atom. The van der Waals surface area contributed by atoms with Gasteiger partial charge in [-0.05, 0) is 17.7 Å². The lowest BCUT2D eigenvalue weighted by molar-refractivity contribution is -0.118. The van der Waals surface area contributed by atoms with Crippen molar-refractivity contribution in [1.82, 2.24) is 10.6 Å². The summed E-state index contributed by atoms with van der Waals surface area (Å²) < 4.78 is 0. The fourth-order valence-corrected chi connectivity index (χ4v) is 2.14. The topological polar surface area (TPSA) is 41.1 Å². The van der Waals surface area contributed by atoms with Gasteiger partial charge in [0.2, 0.25) is 5.91 Å². The number of benzene rings is 1. The standard InChI is InChI=1S/C13H20N2OS/c1-10(2)15-8-11-5-4-6-12(7-11)17-9-13(16)14-3/h4-7,10,15H,8-9H2,1-3H3,(H,14,16). The van der Waals surface area contributed by atoms with Crippen LogP contribution in [0, 0.1) is 0 Å². The van der Waals surface area contributed by atoms with Crippen LogP contribution >= 0.6 is 11.8 Å². The van der Waals surface area contributed by atoms with E-state index in [2.05, 4.69) is 36.6 Å². The zero-order valence-electron chi connectivity index (χ0n) is 10.6. The maximum Gasteiger partial charge on any atom is 0.230 e. The predicted molar refractivity (Wildman–Crippen MR) is 73.2 cm³/mol. The van der Waals surface area contributed by atoms with Gasteiger partial charge in [-0.1, -0.05) is 26.0 Å². The third-order valence-electron chi connectivity index (χ3n) is 2.26. The molecule has 0 atom stereocenters. The maximum atomic E-state index is 11.1. The number of nitrogens with one attached hydrogen (secondary N) is 2. The number of hydrogen-bond donors (Lipinski definition) is 2. The molecule has 0 bridgehead atoms. The summed E-state index contributed by atoms with van der Waals surface area (Å²) in [6.07, 6.45) is 0. The zero-order valence-corrected chi connectivity index (χ0v) is 11.4. The first kappa shape index (κ1) is 14.1. The van der Waals surface area contributed by atoms with Gasteiger partial charge in [-0.3, -0.25) is 4.79 Å². The molecular formula is C13H20N2OS. The van der Waals surface area contributed by atoms with Crippen LogP contribution in [-0.4, -0.2) is 24.7 Å². The lowest BCUT2D eigenvalue weighted by Crippen LogP contribution is -2.21. The summed E-state index contributed by atoms with van der Waals surface area (Å²) in [4.78, 5) is 12.3. The quantitative estimate of drug-likeness (QED) is 0.761. The second-order valence-corrected chi connectivity index (χ2v) is 5.19. The third-order valence-corrected chi connectivity index (χ3v) is 3.26. The number of carbonyl (C=O) groups excluding carboxylic acids is 1. The first-order chi connectivity index (χ1) is 8.11. The minimum Gasteiger partial charge on any atom is -0.358 e. The van der Waals surface area contributed by atoms with Crippen LogP contribution < -0.4 is 10.6 Å². The molecular weight excluding hydrogens is 232 g/mol. The van der Waals surface area contributed by atoms with Crippen LogP contribution in [0.5, 0.6) is 0 Å². The van der Waals surface area contributed by atoms with E-state index >= 15 is 0 Å². The van der Waals surface area contributed by atoms with Gasteiger partial charge >= 0.3 is 0 Å². The summed E-state index contributed by atoms with van der Waals surface area (Å²) in [5.41, 5.74) is 1.25. The summed E-state index contributed by atoms with van der Waals surface area (Å²) in [6, 6.07) is 8.77. The normalized spacial score (nSPS) is 10.6. The first-order valence-electron chi connectivity index (χ1n) is 5.77. The smallest absolute Gasteiger partial charge is 0.230 e. The molecule has 2 N–H and O–H groups in total. The summed E-state index contributed by atoms with van der Waals surface area (Å²) >= 11 is 1.56. The number of thioether (sulfide) groups is 1. The number of hydrogen-bond acceptors (Lipinski definition) is 3. The largest absolute Gasteiger partial charge is 0.358 e. The van der Waals surface area contributed by atoms with Crippen LogP contribution in [0.15, 0.2) is 29.2 Å². The molecule has 4 heteroatoms. The molecule has 17 heavy (non-hydrogen) atoms. The molecule has 0 fully saturated rings. The fraction of sp³-hybridized carbons (Fsp3) is 0.462. The van der Waals surface area contributed by atoms with Gasteiger partial charge in [-0.25, -0.2) is 0 Å². The highest BCUT2D eigenvalue weighted by Crippen LogP contribution is 2.18. The summed E-state index contributed by atoms with van der Waals surface area (Å²) in [5, 5.41) is 5.99. The van der Waals surface area contributed by atoms with Gasteiger partial charge in [-0.2, -0.15) is 0 Å². The van der Waals surface area contributed by atoms with Crippen LogP contribution in [0.25, 0.3) is 0 Å². The van der Waals surface area contributed by atoms with E-state index in [0.717, 1.165) is 11.4 Å². The van der Waals surface area contributed by atoms with E-state index in [4.69, 9.17) is 0 Å². The minimum absolute atomic E-state index is 0.0562. The molecule has 0 saturated heterocycles. The second kappa shape index (κ2) is 7.35. The van der Waals surface area contributed by atoms with Gasteiger partial charge in [0, 0.05) is 24.5 Å². The molecule has 0 aromatic heterocycles. The van der Waals surface area contributed by atoms with E-state index in [-0.39, 0.29) is 5.91 Å². The highest BCUT2D eigenvalue weighted by Gasteiger charge is 2.01. The Hall–Kier alpha value is -1.00. The van der Waals surface area contributed by atoms with Crippen molar-refractivity contribution in [2.24, 2.45) is 0 Å². The first-order valence-corrected chi connectivity index (χ1v) is 6.76. The zero-order chi connectivity index (χ0) is 12.7. The fourth-order valence-electron chi connectivity index (χ4n) is 1.29. The van der Waals surface area contributed by atoms with Crippen LogP contribution in [0.2, 0.25) is 0 Å². The molecule has 1 aromatic rings. The van der Waals surface area contributed by atoms with Gasteiger partial charge < -0.3 is 10.6 Å². The molecule has 0 unspecified atom stereocenters. The van der Waals surface area contributed by atoms with Gasteiger partial charge in [0.05, 0.1) is 5.75 Å².